The standard InChI is InChI=1S/C8H13N3/c1-2-4-10-8-6-7(9)3-5-11-8/h3,5-6H,2,4H2,1H3,(H3,9,10,11). The summed E-state index contributed by atoms with van der Waals surface area (Å²) in [5.74, 6) is 0.854. The third kappa shape index (κ3) is 2.45. The van der Waals surface area contributed by atoms with Crippen LogP contribution in [0.25, 0.3) is 0 Å². The molecular weight excluding hydrogens is 138 g/mol. The Morgan fingerprint density at radius 2 is 2.45 bits per heavy atom. The molecular formula is C8H13N3. The molecule has 0 aliphatic carbocycles. The zero-order chi connectivity index (χ0) is 8.10. The molecule has 0 bridgehead atoms. The Balaban J connectivity index is 2.56. The molecule has 0 aliphatic heterocycles. The SMILES string of the molecule is CCCNc1cc(N)ccn1. The number of anilines is 2. The minimum Gasteiger partial charge on any atom is -0.399 e. The fourth-order valence-corrected chi connectivity index (χ4v) is 0.797. The number of pyridine rings is 1. The lowest BCUT2D eigenvalue weighted by molar-refractivity contribution is 0.969. The third-order valence-corrected chi connectivity index (χ3v) is 1.34. The summed E-state index contributed by atoms with van der Waals surface area (Å²) in [6.07, 6.45) is 2.80. The highest BCUT2D eigenvalue weighted by Gasteiger charge is 1.90. The van der Waals surface area contributed by atoms with Crippen molar-refractivity contribution in [2.75, 3.05) is 17.6 Å². The van der Waals surface area contributed by atoms with Crippen LogP contribution in [0.15, 0.2) is 18.3 Å². The van der Waals surface area contributed by atoms with Crippen molar-refractivity contribution in [2.24, 2.45) is 0 Å². The van der Waals surface area contributed by atoms with E-state index in [1.807, 2.05) is 6.07 Å². The van der Waals surface area contributed by atoms with Crippen LogP contribution in [-0.2, 0) is 0 Å². The monoisotopic (exact) mass is 151 g/mol. The smallest absolute Gasteiger partial charge is 0.127 e. The summed E-state index contributed by atoms with van der Waals surface area (Å²) in [6.45, 7) is 3.05. The van der Waals surface area contributed by atoms with Crippen molar-refractivity contribution in [1.29, 1.82) is 0 Å². The van der Waals surface area contributed by atoms with Crippen LogP contribution in [0.2, 0.25) is 0 Å². The van der Waals surface area contributed by atoms with E-state index < -0.39 is 0 Å². The van der Waals surface area contributed by atoms with Crippen LogP contribution in [0.5, 0.6) is 0 Å². The molecule has 0 aliphatic rings. The summed E-state index contributed by atoms with van der Waals surface area (Å²) in [7, 11) is 0. The molecule has 3 nitrogen and oxygen atoms in total. The highest BCUT2D eigenvalue weighted by Crippen LogP contribution is 2.06. The van der Waals surface area contributed by atoms with E-state index in [0.717, 1.165) is 24.5 Å². The molecule has 0 saturated carbocycles. The van der Waals surface area contributed by atoms with Gasteiger partial charge in [-0.25, -0.2) is 4.98 Å². The number of aromatic nitrogens is 1. The van der Waals surface area contributed by atoms with Crippen molar-refractivity contribution in [2.45, 2.75) is 13.3 Å². The number of hydrogen-bond acceptors (Lipinski definition) is 3. The fourth-order valence-electron chi connectivity index (χ4n) is 0.797. The minimum absolute atomic E-state index is 0.749. The van der Waals surface area contributed by atoms with Gasteiger partial charge in [0.05, 0.1) is 0 Å². The molecule has 0 spiro atoms. The van der Waals surface area contributed by atoms with Crippen LogP contribution >= 0.6 is 0 Å². The largest absolute Gasteiger partial charge is 0.399 e. The van der Waals surface area contributed by atoms with Gasteiger partial charge in [0, 0.05) is 24.5 Å². The van der Waals surface area contributed by atoms with Gasteiger partial charge in [-0.15, -0.1) is 0 Å². The van der Waals surface area contributed by atoms with Crippen molar-refractivity contribution in [3.8, 4) is 0 Å². The summed E-state index contributed by atoms with van der Waals surface area (Å²) in [4.78, 5) is 4.09. The first-order valence-corrected chi connectivity index (χ1v) is 3.78. The lowest BCUT2D eigenvalue weighted by Gasteiger charge is -2.02. The molecule has 0 unspecified atom stereocenters. The van der Waals surface area contributed by atoms with Gasteiger partial charge in [-0.1, -0.05) is 6.92 Å². The lowest BCUT2D eigenvalue weighted by atomic mass is 10.4. The Labute approximate surface area is 66.6 Å². The second-order valence-electron chi connectivity index (χ2n) is 2.40. The Bertz CT molecular complexity index is 222. The molecule has 1 aromatic heterocycles. The summed E-state index contributed by atoms with van der Waals surface area (Å²) in [5.41, 5.74) is 6.30. The summed E-state index contributed by atoms with van der Waals surface area (Å²) in [6, 6.07) is 3.60. The number of nitrogen functional groups attached to an aromatic ring is 1. The van der Waals surface area contributed by atoms with Crippen LogP contribution in [0.1, 0.15) is 13.3 Å². The van der Waals surface area contributed by atoms with Crippen molar-refractivity contribution < 1.29 is 0 Å². The zero-order valence-corrected chi connectivity index (χ0v) is 6.67. The van der Waals surface area contributed by atoms with Crippen LogP contribution in [0.4, 0.5) is 11.5 Å². The van der Waals surface area contributed by atoms with Gasteiger partial charge in [0.15, 0.2) is 0 Å². The van der Waals surface area contributed by atoms with E-state index in [0.29, 0.717) is 0 Å². The van der Waals surface area contributed by atoms with E-state index in [2.05, 4.69) is 17.2 Å². The molecule has 0 radical (unpaired) electrons. The highest BCUT2D eigenvalue weighted by molar-refractivity contribution is 5.48. The summed E-state index contributed by atoms with van der Waals surface area (Å²) >= 11 is 0. The van der Waals surface area contributed by atoms with Crippen molar-refractivity contribution in [1.82, 2.24) is 4.98 Å². The first-order chi connectivity index (χ1) is 5.33. The predicted octanol–water partition coefficient (Wildman–Crippen LogP) is 1.49. The molecule has 0 aromatic carbocycles. The maximum Gasteiger partial charge on any atom is 0.127 e. The van der Waals surface area contributed by atoms with E-state index in [1.54, 1.807) is 12.3 Å². The fraction of sp³-hybridized carbons (Fsp3) is 0.375. The Kier molecular flexibility index (Phi) is 2.72. The van der Waals surface area contributed by atoms with E-state index in [1.165, 1.54) is 0 Å². The van der Waals surface area contributed by atoms with Crippen LogP contribution in [0, 0.1) is 0 Å². The summed E-state index contributed by atoms with van der Waals surface area (Å²) < 4.78 is 0. The third-order valence-electron chi connectivity index (χ3n) is 1.34. The maximum atomic E-state index is 5.55. The molecule has 1 aromatic rings. The molecule has 0 fully saturated rings. The maximum absolute atomic E-state index is 5.55. The molecule has 0 amide bonds. The molecule has 1 heterocycles. The molecule has 60 valence electrons. The van der Waals surface area contributed by atoms with Gasteiger partial charge in [0.1, 0.15) is 5.82 Å². The number of nitrogens with one attached hydrogen (secondary N) is 1. The first kappa shape index (κ1) is 7.85. The first-order valence-electron chi connectivity index (χ1n) is 3.78. The Hall–Kier alpha value is -1.25. The zero-order valence-electron chi connectivity index (χ0n) is 6.67. The Morgan fingerprint density at radius 1 is 1.64 bits per heavy atom. The van der Waals surface area contributed by atoms with Gasteiger partial charge in [-0.2, -0.15) is 0 Å². The number of hydrogen-bond donors (Lipinski definition) is 2. The van der Waals surface area contributed by atoms with E-state index in [-0.39, 0.29) is 0 Å². The number of nitrogens with zero attached hydrogens (tertiary/aromatic N) is 1. The van der Waals surface area contributed by atoms with Gasteiger partial charge in [-0.05, 0) is 12.5 Å². The van der Waals surface area contributed by atoms with Gasteiger partial charge in [-0.3, -0.25) is 0 Å². The molecule has 3 heteroatoms. The average molecular weight is 151 g/mol. The van der Waals surface area contributed by atoms with E-state index in [4.69, 9.17) is 5.73 Å². The van der Waals surface area contributed by atoms with Crippen molar-refractivity contribution >= 4 is 11.5 Å². The van der Waals surface area contributed by atoms with Gasteiger partial charge < -0.3 is 11.1 Å². The molecule has 1 rings (SSSR count). The van der Waals surface area contributed by atoms with Crippen molar-refractivity contribution in [3.63, 3.8) is 0 Å². The topological polar surface area (TPSA) is 50.9 Å². The van der Waals surface area contributed by atoms with Gasteiger partial charge in [0.25, 0.3) is 0 Å². The van der Waals surface area contributed by atoms with Crippen LogP contribution < -0.4 is 11.1 Å². The van der Waals surface area contributed by atoms with E-state index in [9.17, 15) is 0 Å². The van der Waals surface area contributed by atoms with Crippen molar-refractivity contribution in [3.05, 3.63) is 18.3 Å². The molecule has 3 N–H and O–H groups in total. The van der Waals surface area contributed by atoms with Crippen LogP contribution in [0.3, 0.4) is 0 Å². The Morgan fingerprint density at radius 3 is 3.09 bits per heavy atom. The van der Waals surface area contributed by atoms with Gasteiger partial charge in [0.2, 0.25) is 0 Å². The minimum atomic E-state index is 0.749. The lowest BCUT2D eigenvalue weighted by Crippen LogP contribution is -2.01. The number of nitrogens with two attached hydrogens (primary N) is 1. The second kappa shape index (κ2) is 3.81. The molecule has 0 atom stereocenters. The normalized spacial score (nSPS) is 9.55. The second-order valence-corrected chi connectivity index (χ2v) is 2.40. The quantitative estimate of drug-likeness (QED) is 0.688. The highest BCUT2D eigenvalue weighted by atomic mass is 15.0. The summed E-state index contributed by atoms with van der Waals surface area (Å²) in [5, 5.41) is 3.14. The molecule has 0 saturated heterocycles. The average Bonchev–Trinajstić information content (AvgIpc) is 2.01. The van der Waals surface area contributed by atoms with Crippen LogP contribution in [-0.4, -0.2) is 11.5 Å². The predicted molar refractivity (Wildman–Crippen MR) is 47.4 cm³/mol. The molecule has 11 heavy (non-hydrogen) atoms. The van der Waals surface area contributed by atoms with Gasteiger partial charge >= 0.3 is 0 Å². The number of rotatable bonds is 3. The van der Waals surface area contributed by atoms with E-state index >= 15 is 0 Å².